The van der Waals surface area contributed by atoms with Gasteiger partial charge in [0.2, 0.25) is 0 Å². The molecule has 0 aliphatic rings. The summed E-state index contributed by atoms with van der Waals surface area (Å²) in [5.74, 6) is -0.250. The van der Waals surface area contributed by atoms with Crippen LogP contribution in [-0.2, 0) is 19.1 Å². The molecule has 0 amide bonds. The summed E-state index contributed by atoms with van der Waals surface area (Å²) in [4.78, 5) is 21.1. The summed E-state index contributed by atoms with van der Waals surface area (Å²) in [5.41, 5.74) is 0. The van der Waals surface area contributed by atoms with Crippen molar-refractivity contribution in [3.05, 3.63) is 38.0 Å². The Bertz CT molecular complexity index is 296. The van der Waals surface area contributed by atoms with Crippen molar-refractivity contribution in [3.63, 3.8) is 0 Å². The SMILES string of the molecule is C=CC.C=CC.C=CC.CCCOC(=O)CCC(C)=O.CCOCC.OCCO. The van der Waals surface area contributed by atoms with E-state index in [2.05, 4.69) is 19.7 Å². The van der Waals surface area contributed by atoms with Crippen molar-refractivity contribution >= 4 is 11.8 Å². The van der Waals surface area contributed by atoms with Crippen molar-refractivity contribution < 1.29 is 29.3 Å². The van der Waals surface area contributed by atoms with Crippen LogP contribution in [0, 0.1) is 0 Å². The second-order valence-corrected chi connectivity index (χ2v) is 4.88. The fraction of sp³-hybridized carbons (Fsp3) is 0.652. The first-order chi connectivity index (χ1) is 13.7. The fourth-order valence-corrected chi connectivity index (χ4v) is 0.770. The summed E-state index contributed by atoms with van der Waals surface area (Å²) in [6.45, 7) is 25.0. The van der Waals surface area contributed by atoms with Crippen molar-refractivity contribution in [2.24, 2.45) is 0 Å². The van der Waals surface area contributed by atoms with Crippen molar-refractivity contribution in [2.45, 2.75) is 67.7 Å². The number of Topliss-reactive ketones (excluding diaryl/α,β-unsaturated/α-hetero) is 1. The highest BCUT2D eigenvalue weighted by Crippen LogP contribution is 1.94. The molecular formula is C23H48O6. The van der Waals surface area contributed by atoms with Gasteiger partial charge >= 0.3 is 5.97 Å². The zero-order chi connectivity index (χ0) is 24.3. The van der Waals surface area contributed by atoms with Gasteiger partial charge in [-0.3, -0.25) is 4.79 Å². The van der Waals surface area contributed by atoms with Gasteiger partial charge in [-0.2, -0.15) is 0 Å². The lowest BCUT2D eigenvalue weighted by Crippen LogP contribution is -2.06. The molecule has 0 aromatic rings. The average Bonchev–Trinajstić information content (AvgIpc) is 2.68. The van der Waals surface area contributed by atoms with Crippen LogP contribution in [0.25, 0.3) is 0 Å². The molecule has 0 aromatic heterocycles. The number of rotatable bonds is 8. The summed E-state index contributed by atoms with van der Waals surface area (Å²) in [6.07, 6.45) is 6.59. The van der Waals surface area contributed by atoms with Gasteiger partial charge in [0.1, 0.15) is 5.78 Å². The summed E-state index contributed by atoms with van der Waals surface area (Å²) in [7, 11) is 0. The number of hydrogen-bond acceptors (Lipinski definition) is 6. The maximum absolute atomic E-state index is 10.7. The van der Waals surface area contributed by atoms with Gasteiger partial charge in [-0.05, 0) is 48.0 Å². The first kappa shape index (κ1) is 41.6. The van der Waals surface area contributed by atoms with Gasteiger partial charge in [-0.25, -0.2) is 0 Å². The molecule has 0 radical (unpaired) electrons. The van der Waals surface area contributed by atoms with Gasteiger partial charge in [0.25, 0.3) is 0 Å². The van der Waals surface area contributed by atoms with Gasteiger partial charge in [0, 0.05) is 19.6 Å². The molecule has 6 heteroatoms. The molecule has 176 valence electrons. The topological polar surface area (TPSA) is 93.1 Å². The first-order valence-electron chi connectivity index (χ1n) is 9.90. The van der Waals surface area contributed by atoms with Crippen LogP contribution in [-0.4, -0.2) is 55.0 Å². The van der Waals surface area contributed by atoms with Crippen LogP contribution in [0.3, 0.4) is 0 Å². The maximum atomic E-state index is 10.7. The van der Waals surface area contributed by atoms with E-state index in [1.165, 1.54) is 6.92 Å². The fourth-order valence-electron chi connectivity index (χ4n) is 0.770. The molecule has 0 atom stereocenters. The second-order valence-electron chi connectivity index (χ2n) is 4.88. The largest absolute Gasteiger partial charge is 0.466 e. The summed E-state index contributed by atoms with van der Waals surface area (Å²) in [5, 5.41) is 15.2. The van der Waals surface area contributed by atoms with E-state index in [9.17, 15) is 9.59 Å². The van der Waals surface area contributed by atoms with Crippen LogP contribution >= 0.6 is 0 Å². The third-order valence-corrected chi connectivity index (χ3v) is 1.66. The van der Waals surface area contributed by atoms with Crippen LogP contribution in [0.1, 0.15) is 67.7 Å². The first-order valence-corrected chi connectivity index (χ1v) is 9.90. The second kappa shape index (κ2) is 56.2. The highest BCUT2D eigenvalue weighted by atomic mass is 16.5. The third kappa shape index (κ3) is 147. The van der Waals surface area contributed by atoms with E-state index in [4.69, 9.17) is 19.7 Å². The van der Waals surface area contributed by atoms with Crippen molar-refractivity contribution in [1.29, 1.82) is 0 Å². The molecule has 0 aliphatic carbocycles. The average molecular weight is 421 g/mol. The molecule has 0 spiro atoms. The smallest absolute Gasteiger partial charge is 0.306 e. The number of ketones is 1. The van der Waals surface area contributed by atoms with E-state index in [0.717, 1.165) is 19.6 Å². The number of ether oxygens (including phenoxy) is 2. The molecule has 0 rings (SSSR count). The molecule has 0 aromatic carbocycles. The molecule has 6 nitrogen and oxygen atoms in total. The number of allylic oxidation sites excluding steroid dienone is 3. The van der Waals surface area contributed by atoms with E-state index in [1.54, 1.807) is 18.2 Å². The van der Waals surface area contributed by atoms with Gasteiger partial charge < -0.3 is 24.5 Å². The van der Waals surface area contributed by atoms with Crippen LogP contribution in [0.4, 0.5) is 0 Å². The number of carbonyl (C=O) groups excluding carboxylic acids is 2. The minimum absolute atomic E-state index is 0.0263. The molecule has 29 heavy (non-hydrogen) atoms. The quantitative estimate of drug-likeness (QED) is 0.428. The minimum Gasteiger partial charge on any atom is -0.466 e. The Kier molecular flexibility index (Phi) is 80.6. The van der Waals surface area contributed by atoms with Crippen LogP contribution in [0.15, 0.2) is 38.0 Å². The van der Waals surface area contributed by atoms with Gasteiger partial charge in [0.15, 0.2) is 0 Å². The van der Waals surface area contributed by atoms with Crippen molar-refractivity contribution in [1.82, 2.24) is 0 Å². The Hall–Kier alpha value is -1.76. The van der Waals surface area contributed by atoms with E-state index in [1.807, 2.05) is 41.5 Å². The van der Waals surface area contributed by atoms with Crippen molar-refractivity contribution in [3.8, 4) is 0 Å². The van der Waals surface area contributed by atoms with E-state index >= 15 is 0 Å². The number of carbonyl (C=O) groups is 2. The summed E-state index contributed by atoms with van der Waals surface area (Å²) < 4.78 is 9.58. The van der Waals surface area contributed by atoms with Crippen LogP contribution in [0.5, 0.6) is 0 Å². The zero-order valence-electron chi connectivity index (χ0n) is 20.0. The Balaban J connectivity index is -0.0000000617. The van der Waals surface area contributed by atoms with Gasteiger partial charge in [-0.1, -0.05) is 25.2 Å². The molecule has 0 saturated carbocycles. The number of aliphatic hydroxyl groups excluding tert-OH is 2. The molecule has 0 unspecified atom stereocenters. The monoisotopic (exact) mass is 420 g/mol. The minimum atomic E-state index is -0.276. The molecule has 0 fully saturated rings. The van der Waals surface area contributed by atoms with E-state index in [-0.39, 0.29) is 31.4 Å². The summed E-state index contributed by atoms with van der Waals surface area (Å²) >= 11 is 0. The standard InChI is InChI=1S/C8H14O3.C4H10O.3C3H6.C2H6O2/c1-3-6-11-8(10)5-4-7(2)9;1-3-5-4-2;3*1-3-2;3-1-2-4/h3-6H2,1-2H3;3-4H2,1-2H3;3*3H,1H2,2H3;3-4H,1-2H2. The Morgan fingerprint density at radius 3 is 1.34 bits per heavy atom. The normalized spacial score (nSPS) is 7.34. The number of aliphatic hydroxyl groups is 2. The van der Waals surface area contributed by atoms with Crippen LogP contribution in [0.2, 0.25) is 0 Å². The maximum Gasteiger partial charge on any atom is 0.306 e. The molecular weight excluding hydrogens is 372 g/mol. The molecule has 0 aliphatic heterocycles. The van der Waals surface area contributed by atoms with E-state index < -0.39 is 0 Å². The molecule has 0 saturated heterocycles. The van der Waals surface area contributed by atoms with Gasteiger partial charge in [0.05, 0.1) is 26.2 Å². The number of esters is 1. The predicted octanol–water partition coefficient (Wildman–Crippen LogP) is 4.90. The highest BCUT2D eigenvalue weighted by Gasteiger charge is 2.03. The Labute approximate surface area is 180 Å². The number of hydrogen-bond donors (Lipinski definition) is 2. The predicted molar refractivity (Wildman–Crippen MR) is 125 cm³/mol. The lowest BCUT2D eigenvalue weighted by atomic mass is 10.2. The lowest BCUT2D eigenvalue weighted by Gasteiger charge is -2.00. The van der Waals surface area contributed by atoms with Crippen molar-refractivity contribution in [2.75, 3.05) is 33.0 Å². The van der Waals surface area contributed by atoms with Crippen LogP contribution < -0.4 is 0 Å². The van der Waals surface area contributed by atoms with E-state index in [0.29, 0.717) is 13.0 Å². The van der Waals surface area contributed by atoms with Gasteiger partial charge in [-0.15, -0.1) is 19.7 Å². The molecule has 0 bridgehead atoms. The molecule has 2 N–H and O–H groups in total. The molecule has 0 heterocycles. The Morgan fingerprint density at radius 1 is 0.828 bits per heavy atom. The third-order valence-electron chi connectivity index (χ3n) is 1.66. The summed E-state index contributed by atoms with van der Waals surface area (Å²) in [6, 6.07) is 0. The lowest BCUT2D eigenvalue weighted by molar-refractivity contribution is -0.144. The Morgan fingerprint density at radius 2 is 1.17 bits per heavy atom. The highest BCUT2D eigenvalue weighted by molar-refractivity contribution is 5.80. The zero-order valence-corrected chi connectivity index (χ0v) is 20.0.